The van der Waals surface area contributed by atoms with Crippen LogP contribution in [0.2, 0.25) is 0 Å². The average molecular weight is 348 g/mol. The van der Waals surface area contributed by atoms with E-state index < -0.39 is 0 Å². The van der Waals surface area contributed by atoms with Crippen LogP contribution >= 0.6 is 0 Å². The fraction of sp³-hybridized carbons (Fsp3) is 0.412. The van der Waals surface area contributed by atoms with E-state index in [4.69, 9.17) is 10.6 Å². The number of aromatic nitrogens is 2. The summed E-state index contributed by atoms with van der Waals surface area (Å²) >= 11 is 0. The van der Waals surface area contributed by atoms with Crippen molar-refractivity contribution in [3.8, 4) is 28.5 Å². The van der Waals surface area contributed by atoms with Gasteiger partial charge in [-0.3, -0.25) is 15.3 Å². The maximum Gasteiger partial charge on any atom is 0.234 e. The first-order valence-corrected chi connectivity index (χ1v) is 8.28. The van der Waals surface area contributed by atoms with Crippen LogP contribution < -0.4 is 16.0 Å². The molecule has 0 aliphatic heterocycles. The molecule has 2 rings (SSSR count). The van der Waals surface area contributed by atoms with Crippen molar-refractivity contribution in [1.29, 1.82) is 0 Å². The van der Waals surface area contributed by atoms with Crippen LogP contribution in [0.1, 0.15) is 38.2 Å². The summed E-state index contributed by atoms with van der Waals surface area (Å²) in [6.45, 7) is 2.57. The summed E-state index contributed by atoms with van der Waals surface area (Å²) in [5.74, 6) is 4.41. The molecule has 0 saturated heterocycles. The minimum Gasteiger partial charge on any atom is -0.504 e. The van der Waals surface area contributed by atoms with Crippen molar-refractivity contribution in [3.05, 3.63) is 23.9 Å². The molecule has 1 aromatic carbocycles. The first-order valence-electron chi connectivity index (χ1n) is 8.28. The molecule has 1 amide bonds. The second-order valence-electron chi connectivity index (χ2n) is 5.70. The van der Waals surface area contributed by atoms with Gasteiger partial charge in [-0.15, -0.1) is 0 Å². The van der Waals surface area contributed by atoms with E-state index in [1.807, 2.05) is 0 Å². The van der Waals surface area contributed by atoms with Gasteiger partial charge < -0.3 is 14.9 Å². The molecule has 136 valence electrons. The van der Waals surface area contributed by atoms with Crippen LogP contribution in [0.4, 0.5) is 0 Å². The third-order valence-electron chi connectivity index (χ3n) is 3.89. The van der Waals surface area contributed by atoms with E-state index in [-0.39, 0.29) is 29.6 Å². The van der Waals surface area contributed by atoms with Gasteiger partial charge in [0.2, 0.25) is 11.7 Å². The zero-order valence-electron chi connectivity index (χ0n) is 14.2. The van der Waals surface area contributed by atoms with Crippen molar-refractivity contribution >= 4 is 5.91 Å². The molecule has 0 aliphatic carbocycles. The second-order valence-corrected chi connectivity index (χ2v) is 5.70. The zero-order valence-corrected chi connectivity index (χ0v) is 14.2. The number of aromatic hydroxyl groups is 2. The van der Waals surface area contributed by atoms with Gasteiger partial charge in [-0.25, -0.2) is 5.84 Å². The van der Waals surface area contributed by atoms with Crippen LogP contribution in [-0.4, -0.2) is 32.9 Å². The molecule has 1 heterocycles. The summed E-state index contributed by atoms with van der Waals surface area (Å²) in [6.07, 6.45) is 5.15. The van der Waals surface area contributed by atoms with Gasteiger partial charge in [-0.05, 0) is 30.5 Å². The third-order valence-corrected chi connectivity index (χ3v) is 3.89. The number of phenols is 2. The van der Waals surface area contributed by atoms with Gasteiger partial charge in [0, 0.05) is 12.0 Å². The lowest BCUT2D eigenvalue weighted by Crippen LogP contribution is -2.30. The molecule has 0 saturated carbocycles. The van der Waals surface area contributed by atoms with Crippen molar-refractivity contribution in [1.82, 2.24) is 15.6 Å². The van der Waals surface area contributed by atoms with Gasteiger partial charge in [0.15, 0.2) is 11.5 Å². The molecule has 0 spiro atoms. The normalized spacial score (nSPS) is 10.6. The highest BCUT2D eigenvalue weighted by Crippen LogP contribution is 2.43. The van der Waals surface area contributed by atoms with E-state index >= 15 is 0 Å². The summed E-state index contributed by atoms with van der Waals surface area (Å²) < 4.78 is 5.51. The monoisotopic (exact) mass is 348 g/mol. The maximum atomic E-state index is 11.3. The number of nitrogens with zero attached hydrogens (tertiary/aromatic N) is 1. The molecule has 0 radical (unpaired) electrons. The Balaban J connectivity index is 2.16. The lowest BCUT2D eigenvalue weighted by molar-refractivity contribution is -0.121. The number of carbonyl (C=O) groups is 1. The molecule has 6 N–H and O–H groups in total. The Bertz CT molecular complexity index is 715. The number of nitrogens with one attached hydrogen (secondary N) is 2. The van der Waals surface area contributed by atoms with Crippen molar-refractivity contribution in [2.24, 2.45) is 5.84 Å². The Hall–Kier alpha value is -2.74. The standard InChI is InChI=1S/C17H24N4O4/c1-2-3-4-9-25-13-7-6-12(16(23)17(13)24)15-11(10-19-21-15)5-8-14(22)20-18/h6-7,10,23-24H,2-5,8-9,18H2,1H3,(H,19,21)(H,20,22). The van der Waals surface area contributed by atoms with Crippen LogP contribution in [0.15, 0.2) is 18.3 Å². The molecule has 0 bridgehead atoms. The van der Waals surface area contributed by atoms with E-state index in [0.29, 0.717) is 24.3 Å². The van der Waals surface area contributed by atoms with E-state index in [2.05, 4.69) is 22.5 Å². The lowest BCUT2D eigenvalue weighted by atomic mass is 10.0. The Morgan fingerprint density at radius 2 is 2.12 bits per heavy atom. The topological polar surface area (TPSA) is 133 Å². The fourth-order valence-electron chi connectivity index (χ4n) is 2.47. The Labute approximate surface area is 146 Å². The van der Waals surface area contributed by atoms with Gasteiger partial charge in [0.25, 0.3) is 0 Å². The number of hydrogen-bond acceptors (Lipinski definition) is 6. The highest BCUT2D eigenvalue weighted by atomic mass is 16.5. The van der Waals surface area contributed by atoms with Crippen LogP contribution in [0.3, 0.4) is 0 Å². The minimum absolute atomic E-state index is 0.189. The quantitative estimate of drug-likeness (QED) is 0.155. The number of nitrogens with two attached hydrogens (primary N) is 1. The average Bonchev–Trinajstić information content (AvgIpc) is 3.08. The smallest absolute Gasteiger partial charge is 0.234 e. The molecule has 25 heavy (non-hydrogen) atoms. The molecule has 0 fully saturated rings. The predicted octanol–water partition coefficient (Wildman–Crippen LogP) is 1.98. The number of aryl methyl sites for hydroxylation is 1. The number of rotatable bonds is 9. The van der Waals surface area contributed by atoms with Crippen molar-refractivity contribution in [3.63, 3.8) is 0 Å². The Morgan fingerprint density at radius 3 is 2.84 bits per heavy atom. The van der Waals surface area contributed by atoms with E-state index in [1.165, 1.54) is 0 Å². The van der Waals surface area contributed by atoms with E-state index in [0.717, 1.165) is 24.8 Å². The molecule has 0 aliphatic rings. The fourth-order valence-corrected chi connectivity index (χ4v) is 2.47. The number of benzene rings is 1. The lowest BCUT2D eigenvalue weighted by Gasteiger charge is -2.12. The highest BCUT2D eigenvalue weighted by molar-refractivity contribution is 5.77. The van der Waals surface area contributed by atoms with Gasteiger partial charge in [-0.2, -0.15) is 5.10 Å². The molecule has 8 heteroatoms. The van der Waals surface area contributed by atoms with E-state index in [1.54, 1.807) is 18.3 Å². The van der Waals surface area contributed by atoms with Crippen molar-refractivity contribution < 1.29 is 19.7 Å². The number of phenolic OH excluding ortho intramolecular Hbond substituents is 2. The summed E-state index contributed by atoms with van der Waals surface area (Å²) in [4.78, 5) is 11.3. The van der Waals surface area contributed by atoms with Gasteiger partial charge >= 0.3 is 0 Å². The number of amides is 1. The predicted molar refractivity (Wildman–Crippen MR) is 93.0 cm³/mol. The largest absolute Gasteiger partial charge is 0.504 e. The SMILES string of the molecule is CCCCCOc1ccc(-c2[nH]ncc2CCC(=O)NN)c(O)c1O. The van der Waals surface area contributed by atoms with Gasteiger partial charge in [-0.1, -0.05) is 19.8 Å². The number of H-pyrrole nitrogens is 1. The minimum atomic E-state index is -0.311. The summed E-state index contributed by atoms with van der Waals surface area (Å²) in [7, 11) is 0. The number of ether oxygens (including phenoxy) is 1. The summed E-state index contributed by atoms with van der Waals surface area (Å²) in [6, 6.07) is 3.25. The number of hydrogen-bond donors (Lipinski definition) is 5. The molecule has 8 nitrogen and oxygen atoms in total. The Kier molecular flexibility index (Phi) is 6.64. The molecular weight excluding hydrogens is 324 g/mol. The third kappa shape index (κ3) is 4.63. The number of carbonyl (C=O) groups excluding carboxylic acids is 1. The van der Waals surface area contributed by atoms with Crippen LogP contribution in [0, 0.1) is 0 Å². The number of unbranched alkanes of at least 4 members (excludes halogenated alkanes) is 2. The van der Waals surface area contributed by atoms with Crippen LogP contribution in [0.5, 0.6) is 17.2 Å². The van der Waals surface area contributed by atoms with Crippen molar-refractivity contribution in [2.45, 2.75) is 39.0 Å². The van der Waals surface area contributed by atoms with Crippen LogP contribution in [-0.2, 0) is 11.2 Å². The first kappa shape index (κ1) is 18.6. The number of aromatic amines is 1. The molecule has 1 aromatic heterocycles. The molecular formula is C17H24N4O4. The van der Waals surface area contributed by atoms with Gasteiger partial charge in [0.05, 0.1) is 18.5 Å². The van der Waals surface area contributed by atoms with E-state index in [9.17, 15) is 15.0 Å². The zero-order chi connectivity index (χ0) is 18.2. The second kappa shape index (κ2) is 8.93. The van der Waals surface area contributed by atoms with Crippen LogP contribution in [0.25, 0.3) is 11.3 Å². The molecule has 2 aromatic rings. The Morgan fingerprint density at radius 1 is 1.32 bits per heavy atom. The maximum absolute atomic E-state index is 11.3. The number of hydrazine groups is 1. The molecule has 0 atom stereocenters. The highest BCUT2D eigenvalue weighted by Gasteiger charge is 2.18. The molecule has 0 unspecified atom stereocenters. The first-order chi connectivity index (χ1) is 12.1. The summed E-state index contributed by atoms with van der Waals surface area (Å²) in [5, 5.41) is 27.3. The summed E-state index contributed by atoms with van der Waals surface area (Å²) in [5.41, 5.74) is 3.72. The van der Waals surface area contributed by atoms with Gasteiger partial charge in [0.1, 0.15) is 0 Å². The van der Waals surface area contributed by atoms with Crippen molar-refractivity contribution in [2.75, 3.05) is 6.61 Å².